The van der Waals surface area contributed by atoms with Crippen molar-refractivity contribution in [1.29, 1.82) is 0 Å². The molecule has 0 spiro atoms. The molecule has 0 aromatic heterocycles. The highest BCUT2D eigenvalue weighted by molar-refractivity contribution is 7.75. The Bertz CT molecular complexity index is 1490. The third-order valence-electron chi connectivity index (χ3n) is 9.98. The van der Waals surface area contributed by atoms with Crippen LogP contribution in [0.5, 0.6) is 5.75 Å². The van der Waals surface area contributed by atoms with Crippen LogP contribution in [-0.2, 0) is 37.2 Å². The van der Waals surface area contributed by atoms with Gasteiger partial charge in [0.05, 0.1) is 31.1 Å². The standard InChI is InChI=1S/C36H47ClN3O5S/c1-25-6-5-8-34(45-17-15-39-22-31(23-39)43-2)32-13-10-29(32)21-40-20-28-9-12-30(37)18-26(28)7-3-4-16-44-35-14-11-27(19-33(35)40)36(41)38-46(42)24-25/h5,8-9,11-12,14,18-19,25,29,31-32,34H,3-4,6-7,10,13,15-17,20-24H2,1-2H3/q-1/b8-5+/t25-,29-,32+,34-/m0/s1. The van der Waals surface area contributed by atoms with Crippen LogP contribution in [0.15, 0.2) is 52.9 Å². The Labute approximate surface area is 280 Å². The van der Waals surface area contributed by atoms with Crippen LogP contribution in [0.25, 0.3) is 0 Å². The van der Waals surface area contributed by atoms with E-state index in [-0.39, 0.29) is 12.0 Å². The fourth-order valence-electron chi connectivity index (χ4n) is 7.02. The number of allylic oxidation sites excluding steroid dienone is 1. The number of aryl methyl sites for hydroxylation is 1. The number of hydrogen-bond acceptors (Lipinski definition) is 8. The first-order chi connectivity index (χ1) is 22.4. The van der Waals surface area contributed by atoms with Gasteiger partial charge in [0.15, 0.2) is 0 Å². The van der Waals surface area contributed by atoms with Crippen LogP contribution in [-0.4, -0.2) is 75.3 Å². The van der Waals surface area contributed by atoms with E-state index in [9.17, 15) is 9.00 Å². The van der Waals surface area contributed by atoms with Crippen LogP contribution < -0.4 is 9.64 Å². The smallest absolute Gasteiger partial charge is 0.254 e. The SMILES string of the molecule is COC1CN(CCO[C@H]2/C=C/C[C@H](C)C[S-](=O)=NC(=O)c3ccc4c(c3)N(Cc3ccc(Cl)cc3CCCCO4)C[C@@H]3CC[C@H]32)C1. The van der Waals surface area contributed by atoms with Crippen molar-refractivity contribution in [3.63, 3.8) is 0 Å². The van der Waals surface area contributed by atoms with Gasteiger partial charge in [0.25, 0.3) is 5.91 Å². The minimum absolute atomic E-state index is 0.00667. The van der Waals surface area contributed by atoms with Gasteiger partial charge in [-0.15, -0.1) is 0 Å². The first kappa shape index (κ1) is 33.5. The lowest BCUT2D eigenvalue weighted by atomic mass is 9.70. The van der Waals surface area contributed by atoms with Crippen molar-refractivity contribution >= 4 is 33.8 Å². The Morgan fingerprint density at radius 2 is 1.96 bits per heavy atom. The van der Waals surface area contributed by atoms with Gasteiger partial charge in [0.1, 0.15) is 5.75 Å². The van der Waals surface area contributed by atoms with Gasteiger partial charge in [0.2, 0.25) is 0 Å². The first-order valence-electron chi connectivity index (χ1n) is 16.8. The summed E-state index contributed by atoms with van der Waals surface area (Å²) in [5.74, 6) is 1.55. The van der Waals surface area contributed by atoms with Crippen LogP contribution in [0.2, 0.25) is 5.02 Å². The largest absolute Gasteiger partial charge is 0.491 e. The summed E-state index contributed by atoms with van der Waals surface area (Å²) in [5.41, 5.74) is 3.79. The number of rotatable bonds is 5. The molecule has 3 heterocycles. The van der Waals surface area contributed by atoms with E-state index in [1.54, 1.807) is 13.2 Å². The molecule has 10 heteroatoms. The Kier molecular flexibility index (Phi) is 11.4. The first-order valence-corrected chi connectivity index (χ1v) is 18.5. The Balaban J connectivity index is 1.33. The van der Waals surface area contributed by atoms with E-state index >= 15 is 0 Å². The van der Waals surface area contributed by atoms with Gasteiger partial charge in [-0.3, -0.25) is 9.69 Å². The lowest BCUT2D eigenvalue weighted by Crippen LogP contribution is -2.53. The number of fused-ring (bicyclic) bond motifs is 3. The number of likely N-dealkylation sites (tertiary alicyclic amines) is 1. The molecule has 4 aliphatic rings. The lowest BCUT2D eigenvalue weighted by molar-refractivity contribution is -0.0592. The molecular formula is C36H47ClN3O5S-. The van der Waals surface area contributed by atoms with Gasteiger partial charge < -0.3 is 27.7 Å². The van der Waals surface area contributed by atoms with E-state index in [0.29, 0.717) is 49.0 Å². The Morgan fingerprint density at radius 1 is 1.09 bits per heavy atom. The third-order valence-corrected chi connectivity index (χ3v) is 11.4. The summed E-state index contributed by atoms with van der Waals surface area (Å²) in [6.45, 7) is 7.60. The summed E-state index contributed by atoms with van der Waals surface area (Å²) in [6, 6.07) is 11.7. The maximum Gasteiger partial charge on any atom is 0.254 e. The summed E-state index contributed by atoms with van der Waals surface area (Å²) < 4.78 is 35.5. The molecule has 250 valence electrons. The van der Waals surface area contributed by atoms with E-state index in [2.05, 4.69) is 45.4 Å². The zero-order valence-electron chi connectivity index (χ0n) is 27.1. The molecule has 8 nitrogen and oxygen atoms in total. The van der Waals surface area contributed by atoms with E-state index in [4.69, 9.17) is 25.8 Å². The molecule has 1 saturated heterocycles. The van der Waals surface area contributed by atoms with Crippen LogP contribution >= 0.6 is 11.6 Å². The molecule has 2 aromatic rings. The summed E-state index contributed by atoms with van der Waals surface area (Å²) in [5, 5.41) is 0.747. The molecule has 0 radical (unpaired) electrons. The van der Waals surface area contributed by atoms with E-state index in [0.717, 1.165) is 81.2 Å². The Hall–Kier alpha value is -2.43. The molecule has 6 rings (SSSR count). The maximum atomic E-state index is 13.3. The second kappa shape index (κ2) is 15.6. The minimum atomic E-state index is -1.61. The molecule has 1 saturated carbocycles. The predicted octanol–water partition coefficient (Wildman–Crippen LogP) is 6.69. The van der Waals surface area contributed by atoms with Gasteiger partial charge in [0, 0.05) is 50.4 Å². The molecule has 4 atom stereocenters. The maximum absolute atomic E-state index is 13.3. The van der Waals surface area contributed by atoms with Crippen molar-refractivity contribution in [3.8, 4) is 5.75 Å². The van der Waals surface area contributed by atoms with Gasteiger partial charge in [-0.2, -0.15) is 10.6 Å². The molecule has 1 amide bonds. The predicted molar refractivity (Wildman–Crippen MR) is 183 cm³/mol. The number of benzene rings is 2. The van der Waals surface area contributed by atoms with Crippen LogP contribution in [0.3, 0.4) is 0 Å². The molecule has 1 aliphatic carbocycles. The van der Waals surface area contributed by atoms with Gasteiger partial charge in [-0.25, -0.2) is 0 Å². The molecular weight excluding hydrogens is 622 g/mol. The van der Waals surface area contributed by atoms with Crippen molar-refractivity contribution in [2.75, 3.05) is 57.2 Å². The highest BCUT2D eigenvalue weighted by Gasteiger charge is 2.38. The summed E-state index contributed by atoms with van der Waals surface area (Å²) in [7, 11) is 0.163. The topological polar surface area (TPSA) is 80.7 Å². The number of amides is 1. The molecule has 2 aromatic carbocycles. The fraction of sp³-hybridized carbons (Fsp3) is 0.583. The summed E-state index contributed by atoms with van der Waals surface area (Å²) in [6.07, 6.45) is 10.6. The monoisotopic (exact) mass is 668 g/mol. The average molecular weight is 669 g/mol. The number of nitrogens with zero attached hydrogens (tertiary/aromatic N) is 3. The van der Waals surface area contributed by atoms with Crippen molar-refractivity contribution in [3.05, 3.63) is 70.3 Å². The van der Waals surface area contributed by atoms with Crippen molar-refractivity contribution in [1.82, 2.24) is 4.90 Å². The summed E-state index contributed by atoms with van der Waals surface area (Å²) in [4.78, 5) is 18.0. The second-order valence-electron chi connectivity index (χ2n) is 13.4. The van der Waals surface area contributed by atoms with Crippen LogP contribution in [0.4, 0.5) is 5.69 Å². The molecule has 0 unspecified atom stereocenters. The van der Waals surface area contributed by atoms with Gasteiger partial charge >= 0.3 is 0 Å². The normalized spacial score (nSPS) is 27.5. The average Bonchev–Trinajstić information content (AvgIpc) is 3.02. The lowest BCUT2D eigenvalue weighted by Gasteiger charge is -2.44. The summed E-state index contributed by atoms with van der Waals surface area (Å²) >= 11 is 6.46. The molecule has 0 N–H and O–H groups in total. The quantitative estimate of drug-likeness (QED) is 0.260. The van der Waals surface area contributed by atoms with E-state index in [1.807, 2.05) is 18.2 Å². The third kappa shape index (κ3) is 8.34. The zero-order chi connectivity index (χ0) is 32.0. The fourth-order valence-corrected chi connectivity index (χ4v) is 8.21. The number of halogens is 1. The van der Waals surface area contributed by atoms with E-state index in [1.165, 1.54) is 11.1 Å². The molecule has 2 fully saturated rings. The number of anilines is 1. The number of hydrogen-bond donors (Lipinski definition) is 0. The van der Waals surface area contributed by atoms with Crippen molar-refractivity contribution < 1.29 is 23.2 Å². The van der Waals surface area contributed by atoms with Gasteiger partial charge in [-0.1, -0.05) is 48.4 Å². The molecule has 2 bridgehead atoms. The zero-order valence-corrected chi connectivity index (χ0v) is 28.6. The highest BCUT2D eigenvalue weighted by Crippen LogP contribution is 2.42. The highest BCUT2D eigenvalue weighted by atomic mass is 35.5. The number of carbonyl (C=O) groups excluding carboxylic acids is 1. The number of carbonyl (C=O) groups is 1. The van der Waals surface area contributed by atoms with Crippen LogP contribution in [0.1, 0.15) is 60.5 Å². The Morgan fingerprint density at radius 3 is 2.76 bits per heavy atom. The number of ether oxygens (including phenoxy) is 3. The molecule has 46 heavy (non-hydrogen) atoms. The molecule has 3 aliphatic heterocycles. The van der Waals surface area contributed by atoms with Crippen molar-refractivity contribution in [2.24, 2.45) is 22.1 Å². The van der Waals surface area contributed by atoms with Gasteiger partial charge in [-0.05, 0) is 91.8 Å². The second-order valence-corrected chi connectivity index (χ2v) is 15.0. The van der Waals surface area contributed by atoms with Crippen molar-refractivity contribution in [2.45, 2.75) is 64.2 Å². The van der Waals surface area contributed by atoms with Crippen LogP contribution in [0, 0.1) is 17.8 Å². The van der Waals surface area contributed by atoms with E-state index < -0.39 is 16.5 Å². The number of methoxy groups -OCH3 is 1. The minimum Gasteiger partial charge on any atom is -0.491 e.